The largest absolute Gasteiger partial charge is 0.387 e. The average molecular weight is 224 g/mol. The molecule has 1 aromatic heterocycles. The summed E-state index contributed by atoms with van der Waals surface area (Å²) in [4.78, 5) is 0. The third-order valence-corrected chi connectivity index (χ3v) is 3.05. The number of aliphatic hydroxyl groups is 1. The van der Waals surface area contributed by atoms with Gasteiger partial charge in [-0.1, -0.05) is 11.6 Å². The Labute approximate surface area is 81.8 Å². The molecule has 6 heteroatoms. The highest BCUT2D eigenvalue weighted by Gasteiger charge is 2.17. The SMILES string of the molecule is CC(O)c1ccc(Cl)n1S(C)(=O)=O. The van der Waals surface area contributed by atoms with E-state index in [-0.39, 0.29) is 10.8 Å². The van der Waals surface area contributed by atoms with Crippen LogP contribution in [-0.4, -0.2) is 23.8 Å². The zero-order chi connectivity index (χ0) is 10.2. The molecule has 0 saturated heterocycles. The summed E-state index contributed by atoms with van der Waals surface area (Å²) in [7, 11) is -3.44. The summed E-state index contributed by atoms with van der Waals surface area (Å²) in [5, 5.41) is 9.32. The van der Waals surface area contributed by atoms with Gasteiger partial charge in [-0.05, 0) is 19.1 Å². The summed E-state index contributed by atoms with van der Waals surface area (Å²) < 4.78 is 23.3. The van der Waals surface area contributed by atoms with Crippen LogP contribution in [0.15, 0.2) is 12.1 Å². The van der Waals surface area contributed by atoms with Crippen molar-refractivity contribution in [2.24, 2.45) is 0 Å². The summed E-state index contributed by atoms with van der Waals surface area (Å²) in [6, 6.07) is 2.92. The van der Waals surface area contributed by atoms with Crippen LogP contribution in [0.2, 0.25) is 5.15 Å². The Morgan fingerprint density at radius 3 is 2.38 bits per heavy atom. The highest BCUT2D eigenvalue weighted by molar-refractivity contribution is 7.89. The van der Waals surface area contributed by atoms with Gasteiger partial charge in [0, 0.05) is 0 Å². The molecular formula is C7H10ClNO3S. The molecule has 74 valence electrons. The minimum atomic E-state index is -3.44. The normalized spacial score (nSPS) is 14.5. The predicted molar refractivity (Wildman–Crippen MR) is 50.3 cm³/mol. The first-order chi connectivity index (χ1) is 5.84. The van der Waals surface area contributed by atoms with Gasteiger partial charge >= 0.3 is 0 Å². The number of hydrogen-bond donors (Lipinski definition) is 1. The summed E-state index contributed by atoms with van der Waals surface area (Å²) in [6.45, 7) is 1.48. The van der Waals surface area contributed by atoms with E-state index in [9.17, 15) is 13.5 Å². The van der Waals surface area contributed by atoms with Crippen molar-refractivity contribution in [3.05, 3.63) is 23.0 Å². The lowest BCUT2D eigenvalue weighted by Gasteiger charge is -2.09. The molecule has 0 aliphatic carbocycles. The van der Waals surface area contributed by atoms with E-state index in [0.29, 0.717) is 0 Å². The molecule has 1 heterocycles. The monoisotopic (exact) mass is 223 g/mol. The van der Waals surface area contributed by atoms with Gasteiger partial charge in [0.05, 0.1) is 18.1 Å². The molecule has 1 unspecified atom stereocenters. The first-order valence-electron chi connectivity index (χ1n) is 3.60. The maximum absolute atomic E-state index is 11.2. The Bertz CT molecular complexity index is 407. The molecule has 1 rings (SSSR count). The third kappa shape index (κ3) is 2.04. The van der Waals surface area contributed by atoms with Crippen molar-refractivity contribution in [1.29, 1.82) is 0 Å². The quantitative estimate of drug-likeness (QED) is 0.814. The van der Waals surface area contributed by atoms with Crippen molar-refractivity contribution in [2.75, 3.05) is 6.26 Å². The van der Waals surface area contributed by atoms with E-state index in [2.05, 4.69) is 0 Å². The van der Waals surface area contributed by atoms with Crippen LogP contribution in [0.3, 0.4) is 0 Å². The van der Waals surface area contributed by atoms with Crippen LogP contribution in [0.1, 0.15) is 18.7 Å². The highest BCUT2D eigenvalue weighted by Crippen LogP contribution is 2.22. The molecular weight excluding hydrogens is 214 g/mol. The fourth-order valence-corrected chi connectivity index (χ4v) is 2.58. The minimum Gasteiger partial charge on any atom is -0.387 e. The zero-order valence-corrected chi connectivity index (χ0v) is 8.80. The summed E-state index contributed by atoms with van der Waals surface area (Å²) >= 11 is 5.65. The third-order valence-electron chi connectivity index (χ3n) is 1.58. The molecule has 0 aliphatic heterocycles. The van der Waals surface area contributed by atoms with Gasteiger partial charge in [0.2, 0.25) is 10.0 Å². The maximum atomic E-state index is 11.2. The first-order valence-corrected chi connectivity index (χ1v) is 5.82. The Kier molecular flexibility index (Phi) is 2.70. The van der Waals surface area contributed by atoms with Crippen molar-refractivity contribution in [2.45, 2.75) is 13.0 Å². The van der Waals surface area contributed by atoms with E-state index in [0.717, 1.165) is 10.2 Å². The van der Waals surface area contributed by atoms with Gasteiger partial charge in [0.1, 0.15) is 5.15 Å². The number of halogens is 1. The second-order valence-corrected chi connectivity index (χ2v) is 5.00. The number of aliphatic hydroxyl groups excluding tert-OH is 1. The van der Waals surface area contributed by atoms with Crippen LogP contribution >= 0.6 is 11.6 Å². The first kappa shape index (κ1) is 10.6. The Balaban J connectivity index is 3.42. The molecule has 1 N–H and O–H groups in total. The summed E-state index contributed by atoms with van der Waals surface area (Å²) in [5.74, 6) is 0. The second-order valence-electron chi connectivity index (χ2n) is 2.78. The van der Waals surface area contributed by atoms with Crippen LogP contribution in [-0.2, 0) is 10.0 Å². The van der Waals surface area contributed by atoms with Gasteiger partial charge in [-0.3, -0.25) is 0 Å². The Morgan fingerprint density at radius 2 is 2.08 bits per heavy atom. The van der Waals surface area contributed by atoms with Gasteiger partial charge in [-0.2, -0.15) is 0 Å². The molecule has 0 bridgehead atoms. The lowest BCUT2D eigenvalue weighted by molar-refractivity contribution is 0.193. The van der Waals surface area contributed by atoms with Gasteiger partial charge in [0.15, 0.2) is 0 Å². The molecule has 0 spiro atoms. The minimum absolute atomic E-state index is 0.0819. The molecule has 0 aromatic carbocycles. The van der Waals surface area contributed by atoms with E-state index in [1.54, 1.807) is 0 Å². The number of hydrogen-bond acceptors (Lipinski definition) is 3. The molecule has 0 radical (unpaired) electrons. The van der Waals surface area contributed by atoms with Gasteiger partial charge < -0.3 is 5.11 Å². The van der Waals surface area contributed by atoms with Crippen LogP contribution in [0.5, 0.6) is 0 Å². The van der Waals surface area contributed by atoms with E-state index >= 15 is 0 Å². The zero-order valence-electron chi connectivity index (χ0n) is 7.23. The average Bonchev–Trinajstić information content (AvgIpc) is 2.28. The highest BCUT2D eigenvalue weighted by atomic mass is 35.5. The van der Waals surface area contributed by atoms with E-state index in [1.807, 2.05) is 0 Å². The summed E-state index contributed by atoms with van der Waals surface area (Å²) in [6.07, 6.45) is 0.173. The lowest BCUT2D eigenvalue weighted by atomic mass is 10.3. The van der Waals surface area contributed by atoms with Crippen molar-refractivity contribution in [3.8, 4) is 0 Å². The van der Waals surface area contributed by atoms with E-state index < -0.39 is 16.1 Å². The lowest BCUT2D eigenvalue weighted by Crippen LogP contribution is -2.14. The van der Waals surface area contributed by atoms with Crippen LogP contribution in [0.25, 0.3) is 0 Å². The van der Waals surface area contributed by atoms with Gasteiger partial charge in [-0.15, -0.1) is 0 Å². The molecule has 1 atom stereocenters. The summed E-state index contributed by atoms with van der Waals surface area (Å²) in [5.41, 5.74) is 0.271. The van der Waals surface area contributed by atoms with E-state index in [1.165, 1.54) is 19.1 Å². The molecule has 0 amide bonds. The van der Waals surface area contributed by atoms with Crippen molar-refractivity contribution >= 4 is 21.6 Å². The Hall–Kier alpha value is -0.520. The number of nitrogens with zero attached hydrogens (tertiary/aromatic N) is 1. The predicted octanol–water partition coefficient (Wildman–Crippen LogP) is 1.00. The molecule has 1 aromatic rings. The van der Waals surface area contributed by atoms with Crippen molar-refractivity contribution in [1.82, 2.24) is 3.97 Å². The number of aromatic nitrogens is 1. The fourth-order valence-electron chi connectivity index (χ4n) is 1.07. The van der Waals surface area contributed by atoms with Crippen molar-refractivity contribution < 1.29 is 13.5 Å². The second kappa shape index (κ2) is 3.32. The van der Waals surface area contributed by atoms with Crippen LogP contribution in [0.4, 0.5) is 0 Å². The van der Waals surface area contributed by atoms with Gasteiger partial charge in [0.25, 0.3) is 0 Å². The Morgan fingerprint density at radius 1 is 1.54 bits per heavy atom. The molecule has 13 heavy (non-hydrogen) atoms. The van der Waals surface area contributed by atoms with Gasteiger partial charge in [-0.25, -0.2) is 12.4 Å². The molecule has 0 fully saturated rings. The topological polar surface area (TPSA) is 59.3 Å². The molecule has 4 nitrogen and oxygen atoms in total. The number of rotatable bonds is 2. The van der Waals surface area contributed by atoms with Crippen LogP contribution < -0.4 is 0 Å². The molecule has 0 saturated carbocycles. The van der Waals surface area contributed by atoms with Crippen molar-refractivity contribution in [3.63, 3.8) is 0 Å². The molecule has 0 aliphatic rings. The fraction of sp³-hybridized carbons (Fsp3) is 0.429. The smallest absolute Gasteiger partial charge is 0.237 e. The van der Waals surface area contributed by atoms with Crippen LogP contribution in [0, 0.1) is 0 Å². The maximum Gasteiger partial charge on any atom is 0.237 e. The van der Waals surface area contributed by atoms with E-state index in [4.69, 9.17) is 11.6 Å². The standard InChI is InChI=1S/C7H10ClNO3S/c1-5(10)6-3-4-7(8)9(6)13(2,11)12/h3-5,10H,1-2H3.